The zero-order valence-electron chi connectivity index (χ0n) is 12.6. The van der Waals surface area contributed by atoms with E-state index in [9.17, 15) is 22.3 Å². The second-order valence-electron chi connectivity index (χ2n) is 5.54. The second kappa shape index (κ2) is 5.66. The molecule has 1 aliphatic heterocycles. The lowest BCUT2D eigenvalue weighted by molar-refractivity contribution is 0.0649. The maximum atomic E-state index is 14.4. The summed E-state index contributed by atoms with van der Waals surface area (Å²) in [5, 5.41) is 6.82. The number of alkyl halides is 1. The summed E-state index contributed by atoms with van der Waals surface area (Å²) in [5.74, 6) is -0.861. The maximum Gasteiger partial charge on any atom is 0.242 e. The number of aliphatic hydroxyl groups excluding tert-OH is 1. The maximum absolute atomic E-state index is 14.4. The van der Waals surface area contributed by atoms with Gasteiger partial charge in [0.15, 0.2) is 5.69 Å². The summed E-state index contributed by atoms with van der Waals surface area (Å²) in [6, 6.07) is 5.51. The molecule has 2 aromatic rings. The number of rotatable bonds is 2. The van der Waals surface area contributed by atoms with Gasteiger partial charge in [0.1, 0.15) is 23.4 Å². The van der Waals surface area contributed by atoms with Gasteiger partial charge >= 0.3 is 0 Å². The highest BCUT2D eigenvalue weighted by molar-refractivity contribution is 7.93. The Hall–Kier alpha value is -2.21. The molecule has 0 aromatic heterocycles. The first-order valence-electron chi connectivity index (χ1n) is 6.89. The van der Waals surface area contributed by atoms with Gasteiger partial charge in [-0.3, -0.25) is 0 Å². The van der Waals surface area contributed by atoms with Crippen LogP contribution in [0.5, 0.6) is 11.5 Å². The summed E-state index contributed by atoms with van der Waals surface area (Å²) >= 11 is 6.10. The van der Waals surface area contributed by atoms with E-state index in [4.69, 9.17) is 22.9 Å². The molecule has 1 unspecified atom stereocenters. The topological polar surface area (TPSA) is 68.0 Å². The van der Waals surface area contributed by atoms with Crippen LogP contribution < -0.4 is 4.74 Å². The van der Waals surface area contributed by atoms with Gasteiger partial charge in [0.25, 0.3) is 0 Å². The van der Waals surface area contributed by atoms with E-state index >= 15 is 0 Å². The van der Waals surface area contributed by atoms with Crippen LogP contribution in [-0.2, 0) is 9.84 Å². The fourth-order valence-electron chi connectivity index (χ4n) is 2.54. The van der Waals surface area contributed by atoms with Crippen LogP contribution in [0.1, 0.15) is 18.6 Å². The molecule has 2 aromatic carbocycles. The number of benzene rings is 2. The van der Waals surface area contributed by atoms with Crippen molar-refractivity contribution in [3.8, 4) is 11.5 Å². The van der Waals surface area contributed by atoms with Gasteiger partial charge in [0.2, 0.25) is 14.8 Å². The first-order valence-corrected chi connectivity index (χ1v) is 8.75. The molecule has 0 bridgehead atoms. The van der Waals surface area contributed by atoms with Crippen molar-refractivity contribution in [3.63, 3.8) is 0 Å². The van der Waals surface area contributed by atoms with Crippen molar-refractivity contribution in [2.75, 3.05) is 0 Å². The third-order valence-electron chi connectivity index (χ3n) is 3.89. The molecule has 25 heavy (non-hydrogen) atoms. The predicted octanol–water partition coefficient (Wildman–Crippen LogP) is 4.33. The number of halogens is 3. The van der Waals surface area contributed by atoms with E-state index in [1.54, 1.807) is 0 Å². The Morgan fingerprint density at radius 3 is 2.68 bits per heavy atom. The van der Waals surface area contributed by atoms with E-state index in [0.29, 0.717) is 0 Å². The highest BCUT2D eigenvalue weighted by Gasteiger charge is 2.56. The summed E-state index contributed by atoms with van der Waals surface area (Å²) in [7, 11) is -4.42. The third-order valence-corrected chi connectivity index (χ3v) is 6.49. The monoisotopic (exact) mass is 385 g/mol. The van der Waals surface area contributed by atoms with E-state index in [2.05, 4.69) is 4.85 Å². The van der Waals surface area contributed by atoms with Gasteiger partial charge in [-0.1, -0.05) is 11.6 Å². The molecule has 1 aliphatic rings. The summed E-state index contributed by atoms with van der Waals surface area (Å²) in [5.41, 5.74) is -0.322. The van der Waals surface area contributed by atoms with Gasteiger partial charge < -0.3 is 9.84 Å². The molecule has 0 saturated heterocycles. The molecule has 1 N–H and O–H groups in total. The average Bonchev–Trinajstić information content (AvgIpc) is 2.67. The van der Waals surface area contributed by atoms with Crippen LogP contribution in [0.3, 0.4) is 0 Å². The van der Waals surface area contributed by atoms with Crippen molar-refractivity contribution in [2.45, 2.75) is 22.9 Å². The first kappa shape index (κ1) is 17.6. The number of hydrogen-bond acceptors (Lipinski definition) is 4. The van der Waals surface area contributed by atoms with E-state index in [1.165, 1.54) is 12.1 Å². The van der Waals surface area contributed by atoms with Gasteiger partial charge in [-0.15, -0.1) is 0 Å². The van der Waals surface area contributed by atoms with E-state index < -0.39 is 31.7 Å². The minimum Gasteiger partial charge on any atom is -0.457 e. The highest BCUT2D eigenvalue weighted by Crippen LogP contribution is 2.52. The van der Waals surface area contributed by atoms with Crippen LogP contribution >= 0.6 is 11.6 Å². The van der Waals surface area contributed by atoms with Gasteiger partial charge in [-0.05, 0) is 31.2 Å². The molecular weight excluding hydrogens is 376 g/mol. The van der Waals surface area contributed by atoms with Gasteiger partial charge in [-0.25, -0.2) is 22.0 Å². The number of aliphatic hydroxyl groups is 1. The molecule has 3 rings (SSSR count). The van der Waals surface area contributed by atoms with Crippen LogP contribution in [-0.4, -0.2) is 18.5 Å². The molecule has 5 nitrogen and oxygen atoms in total. The zero-order valence-corrected chi connectivity index (χ0v) is 14.2. The van der Waals surface area contributed by atoms with Gasteiger partial charge in [0, 0.05) is 11.6 Å². The smallest absolute Gasteiger partial charge is 0.242 e. The van der Waals surface area contributed by atoms with Crippen LogP contribution in [0, 0.1) is 12.4 Å². The lowest BCUT2D eigenvalue weighted by atomic mass is 10.1. The van der Waals surface area contributed by atoms with Crippen molar-refractivity contribution in [2.24, 2.45) is 0 Å². The van der Waals surface area contributed by atoms with E-state index in [1.807, 2.05) is 0 Å². The Morgan fingerprint density at radius 1 is 1.36 bits per heavy atom. The minimum absolute atomic E-state index is 0.00812. The SMILES string of the molecule is [C-]#[N+]c1cc(F)cc(Oc2ccc3c(c2Cl)[C@@H](O)C(C)(F)S3(=O)=O)c1. The Morgan fingerprint density at radius 2 is 2.04 bits per heavy atom. The normalized spacial score (nSPS) is 23.8. The largest absolute Gasteiger partial charge is 0.457 e. The molecule has 130 valence electrons. The summed E-state index contributed by atoms with van der Waals surface area (Å²) in [4.78, 5) is 2.66. The Kier molecular flexibility index (Phi) is 3.99. The molecule has 2 atom stereocenters. The Balaban J connectivity index is 2.10. The molecule has 0 aliphatic carbocycles. The number of sulfone groups is 1. The Bertz CT molecular complexity index is 1030. The van der Waals surface area contributed by atoms with Crippen LogP contribution in [0.25, 0.3) is 4.85 Å². The fourth-order valence-corrected chi connectivity index (χ4v) is 4.50. The van der Waals surface area contributed by atoms with Crippen molar-refractivity contribution >= 4 is 27.1 Å². The van der Waals surface area contributed by atoms with Gasteiger partial charge in [-0.2, -0.15) is 0 Å². The molecule has 0 radical (unpaired) electrons. The second-order valence-corrected chi connectivity index (χ2v) is 8.16. The molecule has 0 spiro atoms. The zero-order chi connectivity index (χ0) is 18.6. The van der Waals surface area contributed by atoms with E-state index in [0.717, 1.165) is 25.1 Å². The lowest BCUT2D eigenvalue weighted by Crippen LogP contribution is -2.30. The van der Waals surface area contributed by atoms with Crippen molar-refractivity contribution < 1.29 is 27.0 Å². The summed E-state index contributed by atoms with van der Waals surface area (Å²) < 4.78 is 57.6. The number of fused-ring (bicyclic) bond motifs is 1. The minimum atomic E-state index is -4.42. The molecule has 0 fully saturated rings. The average molecular weight is 386 g/mol. The van der Waals surface area contributed by atoms with Crippen molar-refractivity contribution in [3.05, 3.63) is 58.2 Å². The van der Waals surface area contributed by atoms with Crippen LogP contribution in [0.15, 0.2) is 35.2 Å². The van der Waals surface area contributed by atoms with Crippen molar-refractivity contribution in [1.29, 1.82) is 0 Å². The predicted molar refractivity (Wildman–Crippen MR) is 85.8 cm³/mol. The van der Waals surface area contributed by atoms with Gasteiger partial charge in [0.05, 0.1) is 16.5 Å². The van der Waals surface area contributed by atoms with Crippen molar-refractivity contribution in [1.82, 2.24) is 0 Å². The summed E-state index contributed by atoms with van der Waals surface area (Å²) in [6.45, 7) is 7.66. The quantitative estimate of drug-likeness (QED) is 0.781. The number of nitrogens with zero attached hydrogens (tertiary/aromatic N) is 1. The third kappa shape index (κ3) is 2.56. The molecule has 0 amide bonds. The number of hydrogen-bond donors (Lipinski definition) is 1. The fraction of sp³-hybridized carbons (Fsp3) is 0.188. The first-order chi connectivity index (χ1) is 11.6. The van der Waals surface area contributed by atoms with E-state index in [-0.39, 0.29) is 27.8 Å². The molecule has 1 heterocycles. The summed E-state index contributed by atoms with van der Waals surface area (Å²) in [6.07, 6.45) is -1.99. The number of ether oxygens (including phenoxy) is 1. The highest BCUT2D eigenvalue weighted by atomic mass is 35.5. The molecular formula is C16H10ClF2NO4S. The Labute approximate surface area is 147 Å². The standard InChI is InChI=1S/C16H10ClF2NO4S/c1-16(19)15(21)13-12(25(16,22)23)4-3-11(14(13)17)24-10-6-8(18)5-9(7-10)20-2/h3-7,15,21H,1H3/t15-,16?/m1/s1. The molecule has 9 heteroatoms. The lowest BCUT2D eigenvalue weighted by Gasteiger charge is -2.17. The van der Waals surface area contributed by atoms with Crippen LogP contribution in [0.4, 0.5) is 14.5 Å². The van der Waals surface area contributed by atoms with Crippen LogP contribution in [0.2, 0.25) is 5.02 Å². The molecule has 0 saturated carbocycles.